The fourth-order valence-electron chi connectivity index (χ4n) is 2.53. The molecular weight excluding hydrogens is 302 g/mol. The van der Waals surface area contributed by atoms with E-state index in [-0.39, 0.29) is 11.7 Å². The van der Waals surface area contributed by atoms with Gasteiger partial charge in [-0.25, -0.2) is 8.78 Å². The summed E-state index contributed by atoms with van der Waals surface area (Å²) in [6.45, 7) is 0.443. The van der Waals surface area contributed by atoms with Crippen molar-refractivity contribution >= 4 is 17.5 Å². The highest BCUT2D eigenvalue weighted by Crippen LogP contribution is 2.22. The van der Waals surface area contributed by atoms with E-state index >= 15 is 0 Å². The molecule has 0 bridgehead atoms. The van der Waals surface area contributed by atoms with E-state index in [4.69, 9.17) is 0 Å². The van der Waals surface area contributed by atoms with E-state index in [1.807, 2.05) is 0 Å². The average molecular weight is 316 g/mol. The van der Waals surface area contributed by atoms with Crippen LogP contribution in [0.15, 0.2) is 48.5 Å². The quantitative estimate of drug-likeness (QED) is 0.946. The molecule has 1 N–H and O–H groups in total. The van der Waals surface area contributed by atoms with Crippen molar-refractivity contribution in [1.82, 2.24) is 5.32 Å². The number of carbonyl (C=O) groups excluding carboxylic acids is 2. The Morgan fingerprint density at radius 3 is 2.17 bits per heavy atom. The number of amides is 2. The third-order valence-corrected chi connectivity index (χ3v) is 3.76. The molecule has 1 aliphatic heterocycles. The molecule has 0 saturated carbocycles. The third-order valence-electron chi connectivity index (χ3n) is 3.76. The van der Waals surface area contributed by atoms with Crippen molar-refractivity contribution < 1.29 is 18.4 Å². The Hall–Kier alpha value is -2.76. The van der Waals surface area contributed by atoms with Crippen LogP contribution in [0.5, 0.6) is 0 Å². The number of hydrogen-bond acceptors (Lipinski definition) is 2. The standard InChI is InChI=1S/C17H14F2N2O2/c18-12-3-1-11(2-4-12)16(22)20-15-9-10-21(17(15)23)14-7-5-13(19)6-8-14/h1-8,15H,9-10H2,(H,20,22). The number of hydrogen-bond donors (Lipinski definition) is 1. The molecule has 2 aromatic carbocycles. The van der Waals surface area contributed by atoms with E-state index < -0.39 is 17.8 Å². The number of anilines is 1. The smallest absolute Gasteiger partial charge is 0.251 e. The average Bonchev–Trinajstić information content (AvgIpc) is 2.90. The molecule has 4 nitrogen and oxygen atoms in total. The summed E-state index contributed by atoms with van der Waals surface area (Å²) in [5.74, 6) is -1.47. The molecular formula is C17H14F2N2O2. The first kappa shape index (κ1) is 15.1. The molecule has 1 unspecified atom stereocenters. The van der Waals surface area contributed by atoms with E-state index in [0.29, 0.717) is 24.2 Å². The number of rotatable bonds is 3. The lowest BCUT2D eigenvalue weighted by atomic mass is 10.2. The van der Waals surface area contributed by atoms with E-state index in [2.05, 4.69) is 5.32 Å². The van der Waals surface area contributed by atoms with Gasteiger partial charge in [-0.05, 0) is 55.0 Å². The predicted molar refractivity (Wildman–Crippen MR) is 81.0 cm³/mol. The zero-order chi connectivity index (χ0) is 16.4. The number of nitrogens with zero attached hydrogens (tertiary/aromatic N) is 1. The molecule has 1 fully saturated rings. The molecule has 0 radical (unpaired) electrons. The van der Waals surface area contributed by atoms with Gasteiger partial charge < -0.3 is 10.2 Å². The second-order valence-corrected chi connectivity index (χ2v) is 5.29. The van der Waals surface area contributed by atoms with Gasteiger partial charge in [-0.1, -0.05) is 0 Å². The highest BCUT2D eigenvalue weighted by Gasteiger charge is 2.33. The zero-order valence-corrected chi connectivity index (χ0v) is 12.1. The molecule has 6 heteroatoms. The summed E-state index contributed by atoms with van der Waals surface area (Å²) in [7, 11) is 0. The zero-order valence-electron chi connectivity index (χ0n) is 12.1. The van der Waals surface area contributed by atoms with E-state index in [9.17, 15) is 18.4 Å². The van der Waals surface area contributed by atoms with Gasteiger partial charge in [0.25, 0.3) is 5.91 Å². The summed E-state index contributed by atoms with van der Waals surface area (Å²) in [5.41, 5.74) is 0.884. The molecule has 2 aromatic rings. The summed E-state index contributed by atoms with van der Waals surface area (Å²) >= 11 is 0. The Morgan fingerprint density at radius 2 is 1.57 bits per heavy atom. The van der Waals surface area contributed by atoms with Gasteiger partial charge in [-0.3, -0.25) is 9.59 Å². The van der Waals surface area contributed by atoms with Crippen molar-refractivity contribution in [1.29, 1.82) is 0 Å². The van der Waals surface area contributed by atoms with Crippen molar-refractivity contribution in [3.05, 3.63) is 65.7 Å². The van der Waals surface area contributed by atoms with Gasteiger partial charge in [0.2, 0.25) is 5.91 Å². The summed E-state index contributed by atoms with van der Waals surface area (Å²) in [5, 5.41) is 2.65. The second kappa shape index (κ2) is 6.16. The molecule has 1 aliphatic rings. The number of carbonyl (C=O) groups is 2. The minimum Gasteiger partial charge on any atom is -0.340 e. The summed E-state index contributed by atoms with van der Waals surface area (Å²) in [4.78, 5) is 26.0. The van der Waals surface area contributed by atoms with Crippen LogP contribution in [0.4, 0.5) is 14.5 Å². The van der Waals surface area contributed by atoms with Crippen molar-refractivity contribution in [2.75, 3.05) is 11.4 Å². The lowest BCUT2D eigenvalue weighted by molar-refractivity contribution is -0.118. The van der Waals surface area contributed by atoms with Crippen LogP contribution >= 0.6 is 0 Å². The van der Waals surface area contributed by atoms with Crippen LogP contribution in [0, 0.1) is 11.6 Å². The summed E-state index contributed by atoms with van der Waals surface area (Å²) in [6.07, 6.45) is 0.461. The van der Waals surface area contributed by atoms with Crippen LogP contribution in [0.2, 0.25) is 0 Å². The largest absolute Gasteiger partial charge is 0.340 e. The van der Waals surface area contributed by atoms with Crippen LogP contribution < -0.4 is 10.2 Å². The van der Waals surface area contributed by atoms with Crippen molar-refractivity contribution in [2.24, 2.45) is 0 Å². The minimum absolute atomic E-state index is 0.243. The van der Waals surface area contributed by atoms with Gasteiger partial charge in [-0.15, -0.1) is 0 Å². The maximum Gasteiger partial charge on any atom is 0.251 e. The maximum absolute atomic E-state index is 12.9. The first-order chi connectivity index (χ1) is 11.0. The second-order valence-electron chi connectivity index (χ2n) is 5.29. The number of benzene rings is 2. The first-order valence-electron chi connectivity index (χ1n) is 7.18. The molecule has 1 atom stereocenters. The SMILES string of the molecule is O=C(NC1CCN(c2ccc(F)cc2)C1=O)c1ccc(F)cc1. The van der Waals surface area contributed by atoms with Crippen LogP contribution in [0.25, 0.3) is 0 Å². The highest BCUT2D eigenvalue weighted by molar-refractivity contribution is 6.03. The Bertz CT molecular complexity index is 729. The third kappa shape index (κ3) is 3.21. The Labute approximate surface area is 131 Å². The molecule has 23 heavy (non-hydrogen) atoms. The first-order valence-corrected chi connectivity index (χ1v) is 7.18. The number of nitrogens with one attached hydrogen (secondary N) is 1. The lowest BCUT2D eigenvalue weighted by Gasteiger charge is -2.17. The Kier molecular flexibility index (Phi) is 4.06. The van der Waals surface area contributed by atoms with Crippen LogP contribution in [0.1, 0.15) is 16.8 Å². The molecule has 118 valence electrons. The van der Waals surface area contributed by atoms with Gasteiger partial charge in [-0.2, -0.15) is 0 Å². The monoisotopic (exact) mass is 316 g/mol. The Morgan fingerprint density at radius 1 is 1.00 bits per heavy atom. The van der Waals surface area contributed by atoms with E-state index in [1.165, 1.54) is 53.4 Å². The van der Waals surface area contributed by atoms with E-state index in [1.54, 1.807) is 0 Å². The van der Waals surface area contributed by atoms with Crippen molar-refractivity contribution in [3.63, 3.8) is 0 Å². The van der Waals surface area contributed by atoms with Gasteiger partial charge in [0, 0.05) is 17.8 Å². The lowest BCUT2D eigenvalue weighted by Crippen LogP contribution is -2.41. The fraction of sp³-hybridized carbons (Fsp3) is 0.176. The fourth-order valence-corrected chi connectivity index (χ4v) is 2.53. The topological polar surface area (TPSA) is 49.4 Å². The van der Waals surface area contributed by atoms with Crippen LogP contribution in [-0.4, -0.2) is 24.4 Å². The van der Waals surface area contributed by atoms with Crippen molar-refractivity contribution in [2.45, 2.75) is 12.5 Å². The van der Waals surface area contributed by atoms with Gasteiger partial charge >= 0.3 is 0 Å². The predicted octanol–water partition coefficient (Wildman–Crippen LogP) is 2.50. The Balaban J connectivity index is 1.68. The number of halogens is 2. The van der Waals surface area contributed by atoms with Crippen LogP contribution in [-0.2, 0) is 4.79 Å². The molecule has 2 amide bonds. The molecule has 1 heterocycles. The normalized spacial score (nSPS) is 17.4. The van der Waals surface area contributed by atoms with Gasteiger partial charge in [0.1, 0.15) is 17.7 Å². The highest BCUT2D eigenvalue weighted by atomic mass is 19.1. The summed E-state index contributed by atoms with van der Waals surface area (Å²) in [6, 6.07) is 10.1. The summed E-state index contributed by atoms with van der Waals surface area (Å²) < 4.78 is 25.8. The molecule has 0 aromatic heterocycles. The minimum atomic E-state index is -0.641. The molecule has 0 aliphatic carbocycles. The van der Waals surface area contributed by atoms with Gasteiger partial charge in [0.15, 0.2) is 0 Å². The van der Waals surface area contributed by atoms with Gasteiger partial charge in [0.05, 0.1) is 0 Å². The van der Waals surface area contributed by atoms with Crippen molar-refractivity contribution in [3.8, 4) is 0 Å². The molecule has 1 saturated heterocycles. The maximum atomic E-state index is 12.9. The van der Waals surface area contributed by atoms with Crippen LogP contribution in [0.3, 0.4) is 0 Å². The molecule has 3 rings (SSSR count). The molecule has 0 spiro atoms. The van der Waals surface area contributed by atoms with E-state index in [0.717, 1.165) is 0 Å².